The van der Waals surface area contributed by atoms with Crippen LogP contribution in [0.15, 0.2) is 0 Å². The molecule has 2 aliphatic rings. The summed E-state index contributed by atoms with van der Waals surface area (Å²) in [4.78, 5) is 88.7. The molecule has 0 spiro atoms. The molecule has 0 aromatic rings. The number of ether oxygens (including phenoxy) is 10. The molecule has 2 fully saturated rings. The molecule has 0 aromatic carbocycles. The van der Waals surface area contributed by atoms with Gasteiger partial charge in [0.2, 0.25) is 5.91 Å². The number of unbranched alkanes of at least 4 members (excludes halogenated alkanes) is 29. The second kappa shape index (κ2) is 47.1. The number of amides is 1. The molecule has 0 saturated carbocycles. The molecule has 21 nitrogen and oxygen atoms in total. The first-order valence-corrected chi connectivity index (χ1v) is 32.7. The number of esters is 6. The zero-order valence-corrected chi connectivity index (χ0v) is 53.2. The topological polar surface area (TPSA) is 285 Å². The van der Waals surface area contributed by atoms with E-state index in [0.717, 1.165) is 92.9 Å². The van der Waals surface area contributed by atoms with Crippen molar-refractivity contribution < 1.29 is 96.2 Å². The first-order valence-electron chi connectivity index (χ1n) is 32.7. The summed E-state index contributed by atoms with van der Waals surface area (Å²) < 4.78 is 57.6. The quantitative estimate of drug-likeness (QED) is 0.0250. The van der Waals surface area contributed by atoms with E-state index < -0.39 is 141 Å². The van der Waals surface area contributed by atoms with E-state index in [4.69, 9.17) is 47.4 Å². The lowest BCUT2D eigenvalue weighted by Gasteiger charge is -2.45. The Balaban J connectivity index is 2.23. The van der Waals surface area contributed by atoms with Crippen molar-refractivity contribution in [2.45, 2.75) is 347 Å². The Morgan fingerprint density at radius 2 is 0.776 bits per heavy atom. The number of hydrogen-bond donors (Lipinski definition) is 4. The van der Waals surface area contributed by atoms with Gasteiger partial charge in [0, 0.05) is 41.5 Å². The highest BCUT2D eigenvalue weighted by atomic mass is 16.8. The van der Waals surface area contributed by atoms with Crippen LogP contribution in [-0.2, 0) is 80.9 Å². The lowest BCUT2D eigenvalue weighted by Crippen LogP contribution is -2.64. The highest BCUT2D eigenvalue weighted by Crippen LogP contribution is 2.32. The van der Waals surface area contributed by atoms with Crippen LogP contribution in [0.4, 0.5) is 0 Å². The molecule has 4 N–H and O–H groups in total. The average molecular weight is 1220 g/mol. The van der Waals surface area contributed by atoms with Gasteiger partial charge in [0.25, 0.3) is 0 Å². The summed E-state index contributed by atoms with van der Waals surface area (Å²) in [7, 11) is 0. The Morgan fingerprint density at radius 3 is 1.19 bits per heavy atom. The van der Waals surface area contributed by atoms with Gasteiger partial charge in [0.05, 0.1) is 32.0 Å². The van der Waals surface area contributed by atoms with Gasteiger partial charge in [-0.05, 0) is 12.8 Å². The van der Waals surface area contributed by atoms with Gasteiger partial charge in [-0.3, -0.25) is 33.6 Å². The van der Waals surface area contributed by atoms with Crippen molar-refractivity contribution in [2.75, 3.05) is 19.8 Å². The molecule has 0 unspecified atom stereocenters. The second-order valence-electron chi connectivity index (χ2n) is 23.4. The van der Waals surface area contributed by atoms with Gasteiger partial charge in [-0.1, -0.05) is 213 Å². The van der Waals surface area contributed by atoms with Crippen molar-refractivity contribution in [1.82, 2.24) is 5.32 Å². The molecule has 2 heterocycles. The van der Waals surface area contributed by atoms with Gasteiger partial charge >= 0.3 is 35.8 Å². The third-order valence-electron chi connectivity index (χ3n) is 15.5. The number of carbonyl (C=O) groups excluding carboxylic acids is 7. The molecule has 2 aliphatic heterocycles. The zero-order valence-electron chi connectivity index (χ0n) is 53.2. The molecule has 0 aromatic heterocycles. The minimum atomic E-state index is -1.73. The third kappa shape index (κ3) is 35.0. The molecule has 2 saturated heterocycles. The molecule has 494 valence electrons. The highest BCUT2D eigenvalue weighted by molar-refractivity contribution is 5.80. The van der Waals surface area contributed by atoms with Crippen LogP contribution in [0.5, 0.6) is 0 Å². The molecule has 0 aliphatic carbocycles. The van der Waals surface area contributed by atoms with E-state index in [0.29, 0.717) is 12.8 Å². The van der Waals surface area contributed by atoms with Gasteiger partial charge in [-0.15, -0.1) is 0 Å². The van der Waals surface area contributed by atoms with E-state index in [-0.39, 0.29) is 12.8 Å². The minimum Gasteiger partial charge on any atom is -0.456 e. The van der Waals surface area contributed by atoms with Crippen LogP contribution in [0.25, 0.3) is 0 Å². The summed E-state index contributed by atoms with van der Waals surface area (Å²) in [5.41, 5.74) is 0. The Kier molecular flexibility index (Phi) is 42.7. The average Bonchev–Trinajstić information content (AvgIpc) is 2.03. The molecule has 0 radical (unpaired) electrons. The highest BCUT2D eigenvalue weighted by Gasteiger charge is 2.54. The smallest absolute Gasteiger partial charge is 0.303 e. The monoisotopic (exact) mass is 1220 g/mol. The largest absolute Gasteiger partial charge is 0.456 e. The molecular weight excluding hydrogens is 1100 g/mol. The lowest BCUT2D eigenvalue weighted by atomic mass is 9.97. The number of rotatable bonds is 49. The minimum absolute atomic E-state index is 0.147. The predicted octanol–water partition coefficient (Wildman–Crippen LogP) is 10.2. The standard InChI is InChI=1S/C64H113NO20/c1-9-11-13-15-17-19-21-23-24-25-26-27-28-29-31-33-35-37-39-41-53(73)62(75)65-51(56(74)52(72)40-38-36-34-32-30-22-20-18-16-14-12-10-2)42-76-64-61(84-50(8)71)59(82-48(6)69)57(80-46(4)67)55(85-64)44-78-63-60(83-49(7)70)58(81-47(5)68)54(43-77-63)79-45(3)66/h51-61,63-64,72-74H,9-44H2,1-8H3,(H,65,75)/t51-,52+,53+,54+,55+,56-,57+,58+,59-,60-,61+,63-,64+/m0/s1. The maximum absolute atomic E-state index is 13.8. The zero-order chi connectivity index (χ0) is 62.8. The van der Waals surface area contributed by atoms with E-state index in [1.807, 2.05) is 0 Å². The summed E-state index contributed by atoms with van der Waals surface area (Å²) in [5, 5.41) is 37.0. The molecule has 85 heavy (non-hydrogen) atoms. The van der Waals surface area contributed by atoms with E-state index >= 15 is 0 Å². The van der Waals surface area contributed by atoms with Crippen molar-refractivity contribution in [2.24, 2.45) is 0 Å². The Bertz CT molecular complexity index is 1840. The number of hydrogen-bond acceptors (Lipinski definition) is 20. The summed E-state index contributed by atoms with van der Waals surface area (Å²) in [5.74, 6) is -5.89. The van der Waals surface area contributed by atoms with E-state index in [1.165, 1.54) is 135 Å². The first-order chi connectivity index (χ1) is 40.8. The Morgan fingerprint density at radius 1 is 0.424 bits per heavy atom. The van der Waals surface area contributed by atoms with E-state index in [1.54, 1.807) is 0 Å². The molecule has 13 atom stereocenters. The maximum atomic E-state index is 13.8. The predicted molar refractivity (Wildman–Crippen MR) is 317 cm³/mol. The number of carbonyl (C=O) groups is 7. The van der Waals surface area contributed by atoms with Crippen molar-refractivity contribution in [3.8, 4) is 0 Å². The fourth-order valence-electron chi connectivity index (χ4n) is 11.0. The molecule has 0 bridgehead atoms. The fraction of sp³-hybridized carbons (Fsp3) is 0.891. The number of nitrogens with one attached hydrogen (secondary N) is 1. The van der Waals surface area contributed by atoms with Crippen LogP contribution in [-0.4, -0.2) is 157 Å². The van der Waals surface area contributed by atoms with Gasteiger partial charge in [-0.2, -0.15) is 0 Å². The summed E-state index contributed by atoms with van der Waals surface area (Å²) in [6, 6.07) is -1.39. The van der Waals surface area contributed by atoms with Crippen molar-refractivity contribution >= 4 is 41.7 Å². The van der Waals surface area contributed by atoms with Gasteiger partial charge < -0.3 is 68.0 Å². The maximum Gasteiger partial charge on any atom is 0.303 e. The summed E-state index contributed by atoms with van der Waals surface area (Å²) >= 11 is 0. The van der Waals surface area contributed by atoms with Crippen LogP contribution in [0, 0.1) is 0 Å². The van der Waals surface area contributed by atoms with Crippen LogP contribution >= 0.6 is 0 Å². The lowest BCUT2D eigenvalue weighted by molar-refractivity contribution is -0.326. The normalized spacial score (nSPS) is 22.7. The molecular formula is C64H113NO20. The van der Waals surface area contributed by atoms with Gasteiger partial charge in [-0.25, -0.2) is 0 Å². The van der Waals surface area contributed by atoms with Gasteiger partial charge in [0.15, 0.2) is 49.2 Å². The van der Waals surface area contributed by atoms with Crippen LogP contribution in [0.3, 0.4) is 0 Å². The summed E-state index contributed by atoms with van der Waals surface area (Å²) in [6.07, 6.45) is 18.1. The fourth-order valence-corrected chi connectivity index (χ4v) is 11.0. The second-order valence-corrected chi connectivity index (χ2v) is 23.4. The third-order valence-corrected chi connectivity index (χ3v) is 15.5. The molecule has 2 rings (SSSR count). The molecule has 1 amide bonds. The molecule has 21 heteroatoms. The number of aliphatic hydroxyl groups excluding tert-OH is 3. The Labute approximate surface area is 508 Å². The van der Waals surface area contributed by atoms with Crippen LogP contribution < -0.4 is 5.32 Å². The summed E-state index contributed by atoms with van der Waals surface area (Å²) in [6.45, 7) is 9.29. The number of aliphatic hydroxyl groups is 3. The van der Waals surface area contributed by atoms with Crippen molar-refractivity contribution in [3.63, 3.8) is 0 Å². The van der Waals surface area contributed by atoms with Crippen molar-refractivity contribution in [1.29, 1.82) is 0 Å². The van der Waals surface area contributed by atoms with Gasteiger partial charge in [0.1, 0.15) is 18.3 Å². The Hall–Kier alpha value is -3.99. The van der Waals surface area contributed by atoms with Crippen molar-refractivity contribution in [3.05, 3.63) is 0 Å². The van der Waals surface area contributed by atoms with E-state index in [9.17, 15) is 48.9 Å². The van der Waals surface area contributed by atoms with Crippen LogP contribution in [0.2, 0.25) is 0 Å². The van der Waals surface area contributed by atoms with Crippen LogP contribution in [0.1, 0.15) is 267 Å². The first kappa shape index (κ1) is 77.1. The van der Waals surface area contributed by atoms with E-state index in [2.05, 4.69) is 19.2 Å². The SMILES string of the molecule is CCCCCCCCCCCCCCCCCCCCC[C@@H](O)C(=O)N[C@@H](CO[C@@H]1O[C@H](CO[C@@H]2OC[C@@H](OC(C)=O)[C@@H](OC(C)=O)[C@@H]2OC(C)=O)[C@@H](OC(C)=O)[C@H](OC(C)=O)[C@H]1OC(C)=O)[C@H](O)[C@H](O)CCCCCCCCCCCCCC.